The molecule has 0 bridgehead atoms. The van der Waals surface area contributed by atoms with Gasteiger partial charge >= 0.3 is 0 Å². The number of likely N-dealkylation sites (N-methyl/N-ethyl adjacent to an activating group) is 1. The van der Waals surface area contributed by atoms with E-state index >= 15 is 0 Å². The second-order valence-corrected chi connectivity index (χ2v) is 7.69. The predicted octanol–water partition coefficient (Wildman–Crippen LogP) is 1.75. The summed E-state index contributed by atoms with van der Waals surface area (Å²) in [6.07, 6.45) is 7.63. The maximum absolute atomic E-state index is 13.1. The zero-order valence-electron chi connectivity index (χ0n) is 15.6. The van der Waals surface area contributed by atoms with Crippen molar-refractivity contribution in [2.45, 2.75) is 18.9 Å². The summed E-state index contributed by atoms with van der Waals surface area (Å²) in [5, 5.41) is 2.71. The van der Waals surface area contributed by atoms with Crippen LogP contribution in [0, 0.1) is 0 Å². The number of fused-ring (bicyclic) bond motifs is 3. The summed E-state index contributed by atoms with van der Waals surface area (Å²) < 4.78 is 7.51. The Bertz CT molecular complexity index is 1030. The number of rotatable bonds is 3. The van der Waals surface area contributed by atoms with Crippen LogP contribution in [0.15, 0.2) is 30.2 Å². The van der Waals surface area contributed by atoms with Crippen LogP contribution in [0.2, 0.25) is 0 Å². The molecule has 1 fully saturated rings. The number of ether oxygens (including phenoxy) is 1. The molecule has 2 aliphatic rings. The van der Waals surface area contributed by atoms with E-state index < -0.39 is 5.54 Å². The van der Waals surface area contributed by atoms with Crippen molar-refractivity contribution in [3.63, 3.8) is 0 Å². The first kappa shape index (κ1) is 17.3. The molecule has 10 heteroatoms. The molecule has 9 nitrogen and oxygen atoms in total. The molecule has 28 heavy (non-hydrogen) atoms. The number of morpholine rings is 1. The fourth-order valence-electron chi connectivity index (χ4n) is 3.91. The molecule has 0 radical (unpaired) electrons. The Hall–Kier alpha value is -2.85. The van der Waals surface area contributed by atoms with E-state index in [9.17, 15) is 4.79 Å². The van der Waals surface area contributed by atoms with E-state index in [1.165, 1.54) is 11.3 Å². The lowest BCUT2D eigenvalue weighted by atomic mass is 9.89. The minimum atomic E-state index is -0.724. The fraction of sp³-hybridized carbons (Fsp3) is 0.389. The molecule has 0 aromatic carbocycles. The Morgan fingerprint density at radius 2 is 2.18 bits per heavy atom. The summed E-state index contributed by atoms with van der Waals surface area (Å²) in [6.45, 7) is 3.55. The van der Waals surface area contributed by atoms with Crippen LogP contribution < -0.4 is 9.80 Å². The first-order valence-electron chi connectivity index (χ1n) is 9.10. The molecule has 1 amide bonds. The second-order valence-electron chi connectivity index (χ2n) is 6.79. The van der Waals surface area contributed by atoms with Crippen molar-refractivity contribution < 1.29 is 9.53 Å². The van der Waals surface area contributed by atoms with Gasteiger partial charge < -0.3 is 14.5 Å². The molecular formula is C18H19N7O2S. The van der Waals surface area contributed by atoms with Crippen LogP contribution in [0.1, 0.15) is 13.3 Å². The maximum Gasteiger partial charge on any atom is 0.255 e. The van der Waals surface area contributed by atoms with Crippen LogP contribution in [0.3, 0.4) is 0 Å². The van der Waals surface area contributed by atoms with Gasteiger partial charge in [0.2, 0.25) is 5.95 Å². The summed E-state index contributed by atoms with van der Waals surface area (Å²) in [4.78, 5) is 35.0. The van der Waals surface area contributed by atoms with Gasteiger partial charge in [0.25, 0.3) is 5.91 Å². The van der Waals surface area contributed by atoms with Gasteiger partial charge in [0.05, 0.1) is 19.4 Å². The van der Waals surface area contributed by atoms with Crippen molar-refractivity contribution >= 4 is 28.7 Å². The van der Waals surface area contributed by atoms with Gasteiger partial charge in [-0.15, -0.1) is 11.3 Å². The van der Waals surface area contributed by atoms with Gasteiger partial charge in [0.15, 0.2) is 16.6 Å². The number of imidazole rings is 1. The molecule has 0 spiro atoms. The van der Waals surface area contributed by atoms with E-state index in [-0.39, 0.29) is 5.91 Å². The van der Waals surface area contributed by atoms with Gasteiger partial charge in [0, 0.05) is 37.6 Å². The SMILES string of the molecule is CCC12COCCN1c1nc(-n3ccnc3-c3nccs3)ncc1N(C)C2=O. The van der Waals surface area contributed by atoms with Crippen molar-refractivity contribution in [3.8, 4) is 16.8 Å². The van der Waals surface area contributed by atoms with E-state index in [1.54, 1.807) is 30.5 Å². The molecule has 144 valence electrons. The highest BCUT2D eigenvalue weighted by atomic mass is 32.1. The average Bonchev–Trinajstić information content (AvgIpc) is 3.43. The highest BCUT2D eigenvalue weighted by Crippen LogP contribution is 2.41. The van der Waals surface area contributed by atoms with Gasteiger partial charge in [-0.05, 0) is 6.42 Å². The minimum absolute atomic E-state index is 0.0182. The fourth-order valence-corrected chi connectivity index (χ4v) is 4.53. The first-order chi connectivity index (χ1) is 13.7. The summed E-state index contributed by atoms with van der Waals surface area (Å²) >= 11 is 1.51. The normalized spacial score (nSPS) is 21.6. The van der Waals surface area contributed by atoms with Gasteiger partial charge in [-0.1, -0.05) is 6.92 Å². The van der Waals surface area contributed by atoms with E-state index in [0.29, 0.717) is 43.6 Å². The van der Waals surface area contributed by atoms with E-state index in [0.717, 1.165) is 10.8 Å². The van der Waals surface area contributed by atoms with Crippen LogP contribution in [0.4, 0.5) is 11.5 Å². The van der Waals surface area contributed by atoms with Gasteiger partial charge in [-0.3, -0.25) is 9.36 Å². The van der Waals surface area contributed by atoms with Crippen molar-refractivity contribution in [2.75, 3.05) is 36.6 Å². The summed E-state index contributed by atoms with van der Waals surface area (Å²) in [5.41, 5.74) is -0.0192. The molecule has 5 rings (SSSR count). The van der Waals surface area contributed by atoms with Crippen LogP contribution in [-0.2, 0) is 9.53 Å². The highest BCUT2D eigenvalue weighted by molar-refractivity contribution is 7.13. The summed E-state index contributed by atoms with van der Waals surface area (Å²) in [6, 6.07) is 0. The average molecular weight is 397 g/mol. The number of carbonyl (C=O) groups excluding carboxylic acids is 1. The van der Waals surface area contributed by atoms with Crippen LogP contribution in [0.5, 0.6) is 0 Å². The lowest BCUT2D eigenvalue weighted by molar-refractivity contribution is -0.128. The number of thiazole rings is 1. The molecule has 5 heterocycles. The number of hydrogen-bond acceptors (Lipinski definition) is 8. The summed E-state index contributed by atoms with van der Waals surface area (Å²) in [7, 11) is 1.77. The molecule has 2 aliphatic heterocycles. The third-order valence-electron chi connectivity index (χ3n) is 5.44. The second kappa shape index (κ2) is 6.35. The first-order valence-corrected chi connectivity index (χ1v) is 9.98. The van der Waals surface area contributed by atoms with Gasteiger partial charge in [-0.25, -0.2) is 15.0 Å². The number of carbonyl (C=O) groups is 1. The Kier molecular flexibility index (Phi) is 3.91. The Balaban J connectivity index is 1.65. The Morgan fingerprint density at radius 3 is 2.96 bits per heavy atom. The predicted molar refractivity (Wildman–Crippen MR) is 105 cm³/mol. The van der Waals surface area contributed by atoms with Crippen LogP contribution in [-0.4, -0.2) is 62.8 Å². The molecule has 1 atom stereocenters. The third-order valence-corrected chi connectivity index (χ3v) is 6.21. The molecule has 0 N–H and O–H groups in total. The van der Waals surface area contributed by atoms with Crippen molar-refractivity contribution in [3.05, 3.63) is 30.2 Å². The molecule has 3 aromatic heterocycles. The number of aromatic nitrogens is 5. The number of anilines is 2. The molecule has 0 saturated carbocycles. The number of nitrogens with zero attached hydrogens (tertiary/aromatic N) is 7. The third kappa shape index (κ3) is 2.31. The van der Waals surface area contributed by atoms with E-state index in [4.69, 9.17) is 9.72 Å². The van der Waals surface area contributed by atoms with E-state index in [2.05, 4.69) is 19.9 Å². The topological polar surface area (TPSA) is 89.3 Å². The largest absolute Gasteiger partial charge is 0.377 e. The molecular weight excluding hydrogens is 378 g/mol. The van der Waals surface area contributed by atoms with Gasteiger partial charge in [0.1, 0.15) is 11.2 Å². The quantitative estimate of drug-likeness (QED) is 0.665. The highest BCUT2D eigenvalue weighted by Gasteiger charge is 2.52. The monoisotopic (exact) mass is 397 g/mol. The Labute approximate surface area is 165 Å². The molecule has 0 aliphatic carbocycles. The minimum Gasteiger partial charge on any atom is -0.377 e. The van der Waals surface area contributed by atoms with Crippen LogP contribution in [0.25, 0.3) is 16.8 Å². The summed E-state index contributed by atoms with van der Waals surface area (Å²) in [5.74, 6) is 1.96. The van der Waals surface area contributed by atoms with Crippen molar-refractivity contribution in [1.82, 2.24) is 24.5 Å². The van der Waals surface area contributed by atoms with Crippen molar-refractivity contribution in [1.29, 1.82) is 0 Å². The van der Waals surface area contributed by atoms with E-state index in [1.807, 2.05) is 23.1 Å². The van der Waals surface area contributed by atoms with Crippen LogP contribution >= 0.6 is 11.3 Å². The smallest absolute Gasteiger partial charge is 0.255 e. The number of hydrogen-bond donors (Lipinski definition) is 0. The zero-order chi connectivity index (χ0) is 19.3. The lowest BCUT2D eigenvalue weighted by Gasteiger charge is -2.51. The zero-order valence-corrected chi connectivity index (χ0v) is 16.4. The molecule has 1 saturated heterocycles. The van der Waals surface area contributed by atoms with Crippen molar-refractivity contribution in [2.24, 2.45) is 0 Å². The molecule has 1 unspecified atom stereocenters. The molecule has 3 aromatic rings. The standard InChI is InChI=1S/C18H19N7O2S/c1-3-18-11-27-8-7-25(18)13-12(23(2)16(18)26)10-21-17(22-13)24-6-4-19-14(24)15-20-5-9-28-15/h4-6,9-10H,3,7-8,11H2,1-2H3. The lowest BCUT2D eigenvalue weighted by Crippen LogP contribution is -2.68. The number of amides is 1. The maximum atomic E-state index is 13.1. The van der Waals surface area contributed by atoms with Gasteiger partial charge in [-0.2, -0.15) is 4.98 Å². The Morgan fingerprint density at radius 1 is 1.29 bits per heavy atom.